The lowest BCUT2D eigenvalue weighted by molar-refractivity contribution is 0.137. The van der Waals surface area contributed by atoms with Crippen molar-refractivity contribution in [3.8, 4) is 5.75 Å². The molecule has 1 saturated heterocycles. The van der Waals surface area contributed by atoms with Crippen LogP contribution in [0.2, 0.25) is 0 Å². The quantitative estimate of drug-likeness (QED) is 0.875. The van der Waals surface area contributed by atoms with Crippen LogP contribution in [0, 0.1) is 11.6 Å². The van der Waals surface area contributed by atoms with Crippen LogP contribution < -0.4 is 10.1 Å². The van der Waals surface area contributed by atoms with E-state index < -0.39 is 11.6 Å². The molecule has 3 nitrogen and oxygen atoms in total. The van der Waals surface area contributed by atoms with E-state index in [9.17, 15) is 8.78 Å². The van der Waals surface area contributed by atoms with E-state index in [1.165, 1.54) is 6.07 Å². The first kappa shape index (κ1) is 12.3. The van der Waals surface area contributed by atoms with Gasteiger partial charge in [0.25, 0.3) is 0 Å². The maximum Gasteiger partial charge on any atom is 0.168 e. The number of hydrogen-bond donors (Lipinski definition) is 1. The Morgan fingerprint density at radius 2 is 2.29 bits per heavy atom. The monoisotopic (exact) mass is 243 g/mol. The van der Waals surface area contributed by atoms with Crippen molar-refractivity contribution in [1.82, 2.24) is 5.32 Å². The van der Waals surface area contributed by atoms with Crippen LogP contribution in [0.15, 0.2) is 12.1 Å². The van der Waals surface area contributed by atoms with Crippen molar-refractivity contribution in [3.05, 3.63) is 29.3 Å². The Hall–Kier alpha value is -1.20. The molecule has 1 aromatic carbocycles. The van der Waals surface area contributed by atoms with Gasteiger partial charge >= 0.3 is 0 Å². The van der Waals surface area contributed by atoms with Crippen molar-refractivity contribution in [1.29, 1.82) is 0 Å². The van der Waals surface area contributed by atoms with E-state index in [0.717, 1.165) is 12.5 Å². The van der Waals surface area contributed by atoms with Gasteiger partial charge in [-0.05, 0) is 13.1 Å². The van der Waals surface area contributed by atoms with Gasteiger partial charge in [-0.1, -0.05) is 0 Å². The van der Waals surface area contributed by atoms with Gasteiger partial charge in [-0.3, -0.25) is 0 Å². The summed E-state index contributed by atoms with van der Waals surface area (Å²) in [4.78, 5) is 0. The van der Waals surface area contributed by atoms with E-state index in [4.69, 9.17) is 9.47 Å². The van der Waals surface area contributed by atoms with Crippen LogP contribution in [0.4, 0.5) is 8.78 Å². The maximum atomic E-state index is 13.7. The molecular formula is C12H15F2NO2. The summed E-state index contributed by atoms with van der Waals surface area (Å²) in [5.41, 5.74) is 0.483. The Balaban J connectivity index is 2.22. The van der Waals surface area contributed by atoms with Gasteiger partial charge in [-0.25, -0.2) is 8.78 Å². The van der Waals surface area contributed by atoms with Crippen molar-refractivity contribution in [3.63, 3.8) is 0 Å². The third kappa shape index (κ3) is 2.92. The second kappa shape index (κ2) is 5.42. The molecule has 0 unspecified atom stereocenters. The molecule has 1 aromatic rings. The zero-order chi connectivity index (χ0) is 12.3. The van der Waals surface area contributed by atoms with Gasteiger partial charge in [0.05, 0.1) is 13.2 Å². The topological polar surface area (TPSA) is 30.5 Å². The number of rotatable bonds is 4. The standard InChI is InChI=1S/C12H15F2NO2/c1-15-6-8-4-9(13)5-11(14)12(8)17-10-2-3-16-7-10/h4-5,10,15H,2-3,6-7H2,1H3/t10-/m0/s1. The smallest absolute Gasteiger partial charge is 0.168 e. The summed E-state index contributed by atoms with van der Waals surface area (Å²) in [6.45, 7) is 1.43. The van der Waals surface area contributed by atoms with Gasteiger partial charge in [0.2, 0.25) is 0 Å². The summed E-state index contributed by atoms with van der Waals surface area (Å²) in [5, 5.41) is 2.86. The Labute approximate surface area is 98.7 Å². The molecule has 1 atom stereocenters. The third-order valence-electron chi connectivity index (χ3n) is 2.62. The fourth-order valence-electron chi connectivity index (χ4n) is 1.84. The lowest BCUT2D eigenvalue weighted by Crippen LogP contribution is -2.19. The highest BCUT2D eigenvalue weighted by atomic mass is 19.1. The van der Waals surface area contributed by atoms with Crippen LogP contribution in [0.1, 0.15) is 12.0 Å². The Morgan fingerprint density at radius 1 is 1.47 bits per heavy atom. The first-order chi connectivity index (χ1) is 8.20. The molecular weight excluding hydrogens is 228 g/mol. The average molecular weight is 243 g/mol. The molecule has 0 saturated carbocycles. The van der Waals surface area contributed by atoms with Crippen LogP contribution >= 0.6 is 0 Å². The first-order valence-electron chi connectivity index (χ1n) is 5.57. The summed E-state index contributed by atoms with van der Waals surface area (Å²) in [6, 6.07) is 2.12. The van der Waals surface area contributed by atoms with Crippen LogP contribution in [0.25, 0.3) is 0 Å². The zero-order valence-electron chi connectivity index (χ0n) is 9.63. The Morgan fingerprint density at radius 3 is 2.94 bits per heavy atom. The highest BCUT2D eigenvalue weighted by Crippen LogP contribution is 2.27. The minimum atomic E-state index is -0.665. The molecule has 17 heavy (non-hydrogen) atoms. The predicted octanol–water partition coefficient (Wildman–Crippen LogP) is 1.85. The van der Waals surface area contributed by atoms with E-state index in [-0.39, 0.29) is 11.9 Å². The fourth-order valence-corrected chi connectivity index (χ4v) is 1.84. The van der Waals surface area contributed by atoms with Crippen LogP contribution in [0.3, 0.4) is 0 Å². The van der Waals surface area contributed by atoms with Gasteiger partial charge in [-0.2, -0.15) is 0 Å². The van der Waals surface area contributed by atoms with Crippen LogP contribution in [-0.4, -0.2) is 26.4 Å². The Kier molecular flexibility index (Phi) is 3.91. The lowest BCUT2D eigenvalue weighted by atomic mass is 10.1. The molecule has 1 fully saturated rings. The minimum Gasteiger partial charge on any atom is -0.485 e. The number of ether oxygens (including phenoxy) is 2. The van der Waals surface area contributed by atoms with E-state index in [0.29, 0.717) is 25.3 Å². The highest BCUT2D eigenvalue weighted by Gasteiger charge is 2.21. The first-order valence-corrected chi connectivity index (χ1v) is 5.57. The van der Waals surface area contributed by atoms with Gasteiger partial charge in [0, 0.05) is 24.6 Å². The van der Waals surface area contributed by atoms with Crippen molar-refractivity contribution in [2.75, 3.05) is 20.3 Å². The Bertz CT molecular complexity index is 392. The predicted molar refractivity (Wildman–Crippen MR) is 59.0 cm³/mol. The molecule has 0 aliphatic carbocycles. The number of nitrogens with one attached hydrogen (secondary N) is 1. The van der Waals surface area contributed by atoms with Gasteiger partial charge in [0.1, 0.15) is 11.9 Å². The fraction of sp³-hybridized carbons (Fsp3) is 0.500. The summed E-state index contributed by atoms with van der Waals surface area (Å²) >= 11 is 0. The number of benzene rings is 1. The summed E-state index contributed by atoms with van der Waals surface area (Å²) < 4.78 is 37.4. The molecule has 0 bridgehead atoms. The van der Waals surface area contributed by atoms with Crippen molar-refractivity contribution in [2.24, 2.45) is 0 Å². The summed E-state index contributed by atoms with van der Waals surface area (Å²) in [7, 11) is 1.71. The normalized spacial score (nSPS) is 19.6. The highest BCUT2D eigenvalue weighted by molar-refractivity contribution is 5.35. The number of hydrogen-bond acceptors (Lipinski definition) is 3. The molecule has 2 rings (SSSR count). The van der Waals surface area contributed by atoms with E-state index in [1.807, 2.05) is 0 Å². The van der Waals surface area contributed by atoms with Gasteiger partial charge in [0.15, 0.2) is 11.6 Å². The average Bonchev–Trinajstić information content (AvgIpc) is 2.76. The molecule has 0 aromatic heterocycles. The summed E-state index contributed by atoms with van der Waals surface area (Å²) in [5.74, 6) is -1.14. The van der Waals surface area contributed by atoms with Crippen molar-refractivity contribution < 1.29 is 18.3 Å². The largest absolute Gasteiger partial charge is 0.485 e. The van der Waals surface area contributed by atoms with E-state index in [1.54, 1.807) is 7.05 Å². The third-order valence-corrected chi connectivity index (χ3v) is 2.62. The second-order valence-corrected chi connectivity index (χ2v) is 4.01. The molecule has 1 heterocycles. The summed E-state index contributed by atoms with van der Waals surface area (Å²) in [6.07, 6.45) is 0.584. The number of halogens is 2. The van der Waals surface area contributed by atoms with Crippen molar-refractivity contribution >= 4 is 0 Å². The molecule has 0 radical (unpaired) electrons. The second-order valence-electron chi connectivity index (χ2n) is 4.01. The SMILES string of the molecule is CNCc1cc(F)cc(F)c1O[C@H]1CCOC1. The molecule has 5 heteroatoms. The van der Waals surface area contributed by atoms with E-state index in [2.05, 4.69) is 5.32 Å². The van der Waals surface area contributed by atoms with Gasteiger partial charge in [-0.15, -0.1) is 0 Å². The lowest BCUT2D eigenvalue weighted by Gasteiger charge is -2.16. The zero-order valence-corrected chi connectivity index (χ0v) is 9.63. The maximum absolute atomic E-state index is 13.7. The van der Waals surface area contributed by atoms with Crippen LogP contribution in [-0.2, 0) is 11.3 Å². The molecule has 94 valence electrons. The van der Waals surface area contributed by atoms with Gasteiger partial charge < -0.3 is 14.8 Å². The van der Waals surface area contributed by atoms with Crippen LogP contribution in [0.5, 0.6) is 5.75 Å². The molecule has 1 aliphatic heterocycles. The van der Waals surface area contributed by atoms with E-state index >= 15 is 0 Å². The molecule has 1 aliphatic rings. The minimum absolute atomic E-state index is 0.122. The molecule has 0 amide bonds. The molecule has 0 spiro atoms. The van der Waals surface area contributed by atoms with Crippen molar-refractivity contribution in [2.45, 2.75) is 19.1 Å². The molecule has 1 N–H and O–H groups in total.